The Morgan fingerprint density at radius 3 is 2.00 bits per heavy atom. The van der Waals surface area contributed by atoms with E-state index in [-0.39, 0.29) is 23.8 Å². The van der Waals surface area contributed by atoms with Crippen molar-refractivity contribution in [1.29, 1.82) is 0 Å². The maximum Gasteiger partial charge on any atom is 0.265 e. The summed E-state index contributed by atoms with van der Waals surface area (Å²) in [6.07, 6.45) is 4.17. The van der Waals surface area contributed by atoms with Crippen LogP contribution in [0.4, 0.5) is 5.69 Å². The number of anilines is 1. The van der Waals surface area contributed by atoms with Crippen molar-refractivity contribution in [1.82, 2.24) is 10.6 Å². The van der Waals surface area contributed by atoms with E-state index in [1.807, 2.05) is 43.3 Å². The number of hydrogen-bond donors (Lipinski definition) is 3. The number of hydrogen-bond acceptors (Lipinski definition) is 4. The summed E-state index contributed by atoms with van der Waals surface area (Å²) >= 11 is 1.39. The highest BCUT2D eigenvalue weighted by molar-refractivity contribution is 7.17. The van der Waals surface area contributed by atoms with Crippen molar-refractivity contribution in [2.24, 2.45) is 0 Å². The largest absolute Gasteiger partial charge is 0.349 e. The maximum atomic E-state index is 12.9. The number of benzene rings is 2. The van der Waals surface area contributed by atoms with Gasteiger partial charge in [-0.3, -0.25) is 14.4 Å². The highest BCUT2D eigenvalue weighted by atomic mass is 32.1. The van der Waals surface area contributed by atoms with Gasteiger partial charge in [-0.15, -0.1) is 11.3 Å². The third-order valence-corrected chi connectivity index (χ3v) is 6.97. The molecule has 2 saturated carbocycles. The second-order valence-corrected chi connectivity index (χ2v) is 9.80. The molecule has 0 spiro atoms. The van der Waals surface area contributed by atoms with E-state index < -0.39 is 0 Å². The summed E-state index contributed by atoms with van der Waals surface area (Å²) in [7, 11) is 0. The number of amides is 3. The molecule has 3 N–H and O–H groups in total. The van der Waals surface area contributed by atoms with Crippen molar-refractivity contribution in [3.63, 3.8) is 0 Å². The van der Waals surface area contributed by atoms with Gasteiger partial charge >= 0.3 is 0 Å². The Bertz CT molecular complexity index is 1220. The topological polar surface area (TPSA) is 87.3 Å². The van der Waals surface area contributed by atoms with E-state index >= 15 is 0 Å². The van der Waals surface area contributed by atoms with Crippen LogP contribution < -0.4 is 16.0 Å². The molecule has 0 radical (unpaired) electrons. The van der Waals surface area contributed by atoms with E-state index in [1.165, 1.54) is 11.3 Å². The van der Waals surface area contributed by atoms with Gasteiger partial charge in [0.25, 0.3) is 17.7 Å². The van der Waals surface area contributed by atoms with Crippen LogP contribution in [-0.4, -0.2) is 29.8 Å². The molecule has 1 aromatic heterocycles. The third kappa shape index (κ3) is 5.14. The third-order valence-electron chi connectivity index (χ3n) is 5.83. The fraction of sp³-hybridized carbons (Fsp3) is 0.269. The first kappa shape index (κ1) is 21.4. The molecule has 5 rings (SSSR count). The molecule has 0 atom stereocenters. The van der Waals surface area contributed by atoms with Crippen molar-refractivity contribution in [2.45, 2.75) is 44.7 Å². The van der Waals surface area contributed by atoms with Gasteiger partial charge in [0.2, 0.25) is 0 Å². The minimum absolute atomic E-state index is 0.0429. The van der Waals surface area contributed by atoms with Crippen molar-refractivity contribution >= 4 is 34.7 Å². The summed E-state index contributed by atoms with van der Waals surface area (Å²) in [6.45, 7) is 1.90. The fourth-order valence-corrected chi connectivity index (χ4v) is 4.38. The summed E-state index contributed by atoms with van der Waals surface area (Å²) in [4.78, 5) is 38.9. The minimum atomic E-state index is -0.213. The normalized spacial score (nSPS) is 15.1. The molecule has 1 heterocycles. The lowest BCUT2D eigenvalue weighted by atomic mass is 10.1. The first-order chi connectivity index (χ1) is 16.0. The van der Waals surface area contributed by atoms with Crippen LogP contribution in [0, 0.1) is 6.92 Å². The Morgan fingerprint density at radius 2 is 1.36 bits per heavy atom. The van der Waals surface area contributed by atoms with Crippen LogP contribution in [0.3, 0.4) is 0 Å². The Kier molecular flexibility index (Phi) is 5.72. The smallest absolute Gasteiger partial charge is 0.265 e. The fourth-order valence-electron chi connectivity index (χ4n) is 3.48. The molecule has 6 nitrogen and oxygen atoms in total. The van der Waals surface area contributed by atoms with Gasteiger partial charge in [-0.05, 0) is 80.1 Å². The average molecular weight is 460 g/mol. The van der Waals surface area contributed by atoms with E-state index in [9.17, 15) is 14.4 Å². The Hall–Kier alpha value is -3.45. The van der Waals surface area contributed by atoms with Crippen molar-refractivity contribution < 1.29 is 14.4 Å². The van der Waals surface area contributed by atoms with Crippen LogP contribution in [0.5, 0.6) is 0 Å². The van der Waals surface area contributed by atoms with Gasteiger partial charge < -0.3 is 16.0 Å². The number of nitrogens with one attached hydrogen (secondary N) is 3. The molecular weight excluding hydrogens is 434 g/mol. The zero-order valence-corrected chi connectivity index (χ0v) is 19.1. The zero-order chi connectivity index (χ0) is 22.9. The summed E-state index contributed by atoms with van der Waals surface area (Å²) in [5.41, 5.74) is 3.66. The van der Waals surface area contributed by atoms with E-state index in [0.29, 0.717) is 27.7 Å². The summed E-state index contributed by atoms with van der Waals surface area (Å²) < 4.78 is 0. The molecule has 3 amide bonds. The summed E-state index contributed by atoms with van der Waals surface area (Å²) in [5.74, 6) is -0.367. The van der Waals surface area contributed by atoms with Crippen molar-refractivity contribution in [3.8, 4) is 10.4 Å². The van der Waals surface area contributed by atoms with Crippen LogP contribution in [0.1, 0.15) is 61.6 Å². The molecule has 3 aromatic rings. The molecule has 2 aliphatic rings. The first-order valence-electron chi connectivity index (χ1n) is 11.2. The second kappa shape index (κ2) is 8.83. The lowest BCUT2D eigenvalue weighted by molar-refractivity contribution is 0.0942. The molecule has 7 heteroatoms. The van der Waals surface area contributed by atoms with Crippen molar-refractivity contribution in [2.75, 3.05) is 5.32 Å². The standard InChI is InChI=1S/C26H25N3O3S/c1-15-2-3-18(25(31)28-20-10-11-20)14-21(15)29-26(32)23-13-12-22(33-23)16-4-6-17(7-5-16)24(30)27-19-8-9-19/h2-7,12-14,19-20H,8-11H2,1H3,(H,27,30)(H,28,31)(H,29,32). The highest BCUT2D eigenvalue weighted by Crippen LogP contribution is 2.30. The van der Waals surface area contributed by atoms with Gasteiger partial charge in [0.05, 0.1) is 4.88 Å². The van der Waals surface area contributed by atoms with E-state index in [0.717, 1.165) is 41.7 Å². The monoisotopic (exact) mass is 459 g/mol. The van der Waals surface area contributed by atoms with Gasteiger partial charge in [0.1, 0.15) is 0 Å². The van der Waals surface area contributed by atoms with Gasteiger partial charge in [-0.1, -0.05) is 18.2 Å². The number of carbonyl (C=O) groups is 3. The Labute approximate surface area is 196 Å². The van der Waals surface area contributed by atoms with Gasteiger partial charge in [-0.25, -0.2) is 0 Å². The molecule has 2 aliphatic carbocycles. The number of rotatable bonds is 7. The molecular formula is C26H25N3O3S. The van der Waals surface area contributed by atoms with Crippen molar-refractivity contribution in [3.05, 3.63) is 76.2 Å². The average Bonchev–Trinajstić information content (AvgIpc) is 3.75. The predicted molar refractivity (Wildman–Crippen MR) is 130 cm³/mol. The maximum absolute atomic E-state index is 12.9. The number of thiophene rings is 1. The minimum Gasteiger partial charge on any atom is -0.349 e. The Morgan fingerprint density at radius 1 is 0.758 bits per heavy atom. The highest BCUT2D eigenvalue weighted by Gasteiger charge is 2.25. The van der Waals surface area contributed by atoms with Crippen LogP contribution in [0.15, 0.2) is 54.6 Å². The SMILES string of the molecule is Cc1ccc(C(=O)NC2CC2)cc1NC(=O)c1ccc(-c2ccc(C(=O)NC3CC3)cc2)s1. The van der Waals surface area contributed by atoms with Gasteiger partial charge in [0, 0.05) is 33.8 Å². The van der Waals surface area contributed by atoms with Crippen LogP contribution >= 0.6 is 11.3 Å². The van der Waals surface area contributed by atoms with Crippen LogP contribution in [0.2, 0.25) is 0 Å². The predicted octanol–water partition coefficient (Wildman–Crippen LogP) is 4.76. The lowest BCUT2D eigenvalue weighted by Gasteiger charge is -2.10. The molecule has 2 aromatic carbocycles. The zero-order valence-electron chi connectivity index (χ0n) is 18.3. The van der Waals surface area contributed by atoms with E-state index in [4.69, 9.17) is 0 Å². The van der Waals surface area contributed by atoms with E-state index in [1.54, 1.807) is 18.2 Å². The molecule has 2 fully saturated rings. The van der Waals surface area contributed by atoms with Crippen LogP contribution in [-0.2, 0) is 0 Å². The second-order valence-electron chi connectivity index (χ2n) is 8.72. The Balaban J connectivity index is 1.26. The van der Waals surface area contributed by atoms with Gasteiger partial charge in [-0.2, -0.15) is 0 Å². The van der Waals surface area contributed by atoms with E-state index in [2.05, 4.69) is 16.0 Å². The molecule has 168 valence electrons. The first-order valence-corrected chi connectivity index (χ1v) is 12.0. The lowest BCUT2D eigenvalue weighted by Crippen LogP contribution is -2.25. The summed E-state index contributed by atoms with van der Waals surface area (Å²) in [5, 5.41) is 8.90. The molecule has 0 unspecified atom stereocenters. The molecule has 33 heavy (non-hydrogen) atoms. The molecule has 0 aliphatic heterocycles. The quantitative estimate of drug-likeness (QED) is 0.476. The van der Waals surface area contributed by atoms with Crippen LogP contribution in [0.25, 0.3) is 10.4 Å². The molecule has 0 saturated heterocycles. The molecule has 0 bridgehead atoms. The number of carbonyl (C=O) groups excluding carboxylic acids is 3. The number of aryl methyl sites for hydroxylation is 1. The van der Waals surface area contributed by atoms with Gasteiger partial charge in [0.15, 0.2) is 0 Å². The summed E-state index contributed by atoms with van der Waals surface area (Å²) in [6, 6.07) is 17.1.